The van der Waals surface area contributed by atoms with Gasteiger partial charge in [0.05, 0.1) is 18.9 Å². The lowest BCUT2D eigenvalue weighted by molar-refractivity contribution is 0.0905. The Bertz CT molecular complexity index is 841. The first-order valence-corrected chi connectivity index (χ1v) is 10.4. The predicted octanol–water partition coefficient (Wildman–Crippen LogP) is 5.69. The molecule has 1 fully saturated rings. The van der Waals surface area contributed by atoms with E-state index in [1.165, 1.54) is 0 Å². The van der Waals surface area contributed by atoms with Crippen molar-refractivity contribution in [1.29, 1.82) is 0 Å². The molecule has 1 aliphatic rings. The van der Waals surface area contributed by atoms with Gasteiger partial charge in [0.1, 0.15) is 5.75 Å². The van der Waals surface area contributed by atoms with Crippen LogP contribution >= 0.6 is 35.4 Å². The maximum absolute atomic E-state index is 6.39. The summed E-state index contributed by atoms with van der Waals surface area (Å²) in [5, 5.41) is 5.16. The molecule has 7 heteroatoms. The van der Waals surface area contributed by atoms with Gasteiger partial charge in [-0.25, -0.2) is 0 Å². The Labute approximate surface area is 181 Å². The molecule has 1 unspecified atom stereocenters. The number of rotatable bonds is 6. The Morgan fingerprint density at radius 3 is 2.79 bits per heavy atom. The van der Waals surface area contributed by atoms with Crippen LogP contribution in [0, 0.1) is 6.92 Å². The Balaban J connectivity index is 1.80. The fourth-order valence-corrected chi connectivity index (χ4v) is 3.92. The summed E-state index contributed by atoms with van der Waals surface area (Å²) in [4.78, 5) is 2.08. The van der Waals surface area contributed by atoms with Crippen molar-refractivity contribution < 1.29 is 9.47 Å². The molecule has 0 aromatic heterocycles. The highest BCUT2D eigenvalue weighted by Gasteiger charge is 2.22. The second-order valence-electron chi connectivity index (χ2n) is 6.89. The van der Waals surface area contributed by atoms with Gasteiger partial charge >= 0.3 is 0 Å². The van der Waals surface area contributed by atoms with Crippen molar-refractivity contribution in [2.75, 3.05) is 25.6 Å². The van der Waals surface area contributed by atoms with Gasteiger partial charge in [0, 0.05) is 29.7 Å². The highest BCUT2D eigenvalue weighted by molar-refractivity contribution is 7.80. The number of ether oxygens (including phenoxy) is 2. The first-order valence-electron chi connectivity index (χ1n) is 9.22. The van der Waals surface area contributed by atoms with Gasteiger partial charge in [0.15, 0.2) is 5.11 Å². The van der Waals surface area contributed by atoms with Crippen molar-refractivity contribution in [3.63, 3.8) is 0 Å². The number of nitrogens with one attached hydrogen (secondary N) is 1. The summed E-state index contributed by atoms with van der Waals surface area (Å²) < 4.78 is 11.3. The lowest BCUT2D eigenvalue weighted by Crippen LogP contribution is -2.39. The van der Waals surface area contributed by atoms with Crippen molar-refractivity contribution in [2.45, 2.75) is 32.4 Å². The van der Waals surface area contributed by atoms with Crippen molar-refractivity contribution in [2.24, 2.45) is 0 Å². The molecule has 1 aliphatic heterocycles. The molecule has 0 saturated carbocycles. The quantitative estimate of drug-likeness (QED) is 0.585. The van der Waals surface area contributed by atoms with E-state index >= 15 is 0 Å². The van der Waals surface area contributed by atoms with Gasteiger partial charge in [-0.3, -0.25) is 0 Å². The third kappa shape index (κ3) is 5.51. The zero-order valence-corrected chi connectivity index (χ0v) is 18.3. The van der Waals surface area contributed by atoms with E-state index in [1.807, 2.05) is 37.3 Å². The van der Waals surface area contributed by atoms with Gasteiger partial charge in [-0.2, -0.15) is 0 Å². The monoisotopic (exact) mass is 438 g/mol. The minimum absolute atomic E-state index is 0.158. The van der Waals surface area contributed by atoms with Crippen LogP contribution in [0.3, 0.4) is 0 Å². The number of halogens is 2. The predicted molar refractivity (Wildman–Crippen MR) is 120 cm³/mol. The second kappa shape index (κ2) is 9.79. The van der Waals surface area contributed by atoms with Crippen LogP contribution in [0.4, 0.5) is 5.69 Å². The van der Waals surface area contributed by atoms with Crippen LogP contribution in [0.25, 0.3) is 0 Å². The summed E-state index contributed by atoms with van der Waals surface area (Å²) in [6.45, 7) is 4.08. The fraction of sp³-hybridized carbons (Fsp3) is 0.381. The normalized spacial score (nSPS) is 16.1. The molecule has 150 valence electrons. The maximum atomic E-state index is 6.39. The lowest BCUT2D eigenvalue weighted by Gasteiger charge is -2.29. The van der Waals surface area contributed by atoms with E-state index in [0.29, 0.717) is 28.2 Å². The molecule has 4 nitrogen and oxygen atoms in total. The Kier molecular flexibility index (Phi) is 7.41. The maximum Gasteiger partial charge on any atom is 0.173 e. The molecule has 0 spiro atoms. The van der Waals surface area contributed by atoms with E-state index < -0.39 is 0 Å². The van der Waals surface area contributed by atoms with Crippen molar-refractivity contribution in [1.82, 2.24) is 4.90 Å². The van der Waals surface area contributed by atoms with Crippen LogP contribution in [-0.4, -0.2) is 36.4 Å². The number of hydrogen-bond acceptors (Lipinski definition) is 3. The Hall–Kier alpha value is -1.53. The van der Waals surface area contributed by atoms with E-state index in [2.05, 4.69) is 10.2 Å². The third-order valence-electron chi connectivity index (χ3n) is 4.71. The summed E-state index contributed by atoms with van der Waals surface area (Å²) >= 11 is 18.2. The van der Waals surface area contributed by atoms with Gasteiger partial charge in [-0.15, -0.1) is 0 Å². The van der Waals surface area contributed by atoms with E-state index in [9.17, 15) is 0 Å². The third-order valence-corrected chi connectivity index (χ3v) is 5.66. The van der Waals surface area contributed by atoms with Gasteiger partial charge < -0.3 is 19.7 Å². The first kappa shape index (κ1) is 21.2. The zero-order chi connectivity index (χ0) is 20.1. The second-order valence-corrected chi connectivity index (χ2v) is 8.12. The van der Waals surface area contributed by atoms with E-state index in [4.69, 9.17) is 44.9 Å². The van der Waals surface area contributed by atoms with Gasteiger partial charge in [0.2, 0.25) is 0 Å². The smallest absolute Gasteiger partial charge is 0.173 e. The fourth-order valence-electron chi connectivity index (χ4n) is 3.20. The van der Waals surface area contributed by atoms with E-state index in [-0.39, 0.29) is 6.10 Å². The number of nitrogens with zero attached hydrogens (tertiary/aromatic N) is 1. The zero-order valence-electron chi connectivity index (χ0n) is 16.0. The number of hydrogen-bond donors (Lipinski definition) is 1. The number of aryl methyl sites for hydroxylation is 1. The van der Waals surface area contributed by atoms with Crippen LogP contribution < -0.4 is 10.1 Å². The van der Waals surface area contributed by atoms with E-state index in [0.717, 1.165) is 42.0 Å². The molecule has 2 aromatic rings. The minimum Gasteiger partial charge on any atom is -0.495 e. The van der Waals surface area contributed by atoms with Crippen molar-refractivity contribution in [3.05, 3.63) is 57.6 Å². The van der Waals surface area contributed by atoms with Crippen LogP contribution in [0.2, 0.25) is 10.0 Å². The van der Waals surface area contributed by atoms with E-state index in [1.54, 1.807) is 13.2 Å². The molecule has 3 rings (SSSR count). The van der Waals surface area contributed by atoms with Gasteiger partial charge in [0.25, 0.3) is 0 Å². The number of methoxy groups -OCH3 is 1. The highest BCUT2D eigenvalue weighted by Crippen LogP contribution is 2.27. The number of benzene rings is 2. The van der Waals surface area contributed by atoms with Crippen molar-refractivity contribution >= 4 is 46.2 Å². The average molecular weight is 439 g/mol. The summed E-state index contributed by atoms with van der Waals surface area (Å²) in [6.07, 6.45) is 2.26. The molecular formula is C21H24Cl2N2O2S. The summed E-state index contributed by atoms with van der Waals surface area (Å²) in [5.41, 5.74) is 2.92. The Morgan fingerprint density at radius 1 is 1.29 bits per heavy atom. The number of anilines is 1. The molecule has 1 atom stereocenters. The summed E-state index contributed by atoms with van der Waals surface area (Å²) in [5.74, 6) is 0.754. The topological polar surface area (TPSA) is 33.7 Å². The molecule has 0 radical (unpaired) electrons. The SMILES string of the molecule is COc1cc(C)ccc1NC(=S)N(Cc1ccc(Cl)cc1Cl)CC1CCCO1. The van der Waals surface area contributed by atoms with Gasteiger partial charge in [-0.05, 0) is 67.4 Å². The molecule has 0 bridgehead atoms. The first-order chi connectivity index (χ1) is 13.5. The van der Waals surface area contributed by atoms with Crippen LogP contribution in [-0.2, 0) is 11.3 Å². The molecule has 2 aromatic carbocycles. The molecular weight excluding hydrogens is 415 g/mol. The lowest BCUT2D eigenvalue weighted by atomic mass is 10.2. The standard InChI is InChI=1S/C21H24Cl2N2O2S/c1-14-5-8-19(20(10-14)26-2)24-21(28)25(13-17-4-3-9-27-17)12-15-6-7-16(22)11-18(15)23/h5-8,10-11,17H,3-4,9,12-13H2,1-2H3,(H,24,28). The molecule has 28 heavy (non-hydrogen) atoms. The van der Waals surface area contributed by atoms with Crippen LogP contribution in [0.15, 0.2) is 36.4 Å². The van der Waals surface area contributed by atoms with Gasteiger partial charge in [-0.1, -0.05) is 35.3 Å². The minimum atomic E-state index is 0.158. The average Bonchev–Trinajstić information content (AvgIpc) is 3.17. The molecule has 0 aliphatic carbocycles. The summed E-state index contributed by atoms with van der Waals surface area (Å²) in [6, 6.07) is 11.5. The van der Waals surface area contributed by atoms with Crippen LogP contribution in [0.5, 0.6) is 5.75 Å². The summed E-state index contributed by atoms with van der Waals surface area (Å²) in [7, 11) is 1.65. The molecule has 1 heterocycles. The molecule has 1 saturated heterocycles. The molecule has 1 N–H and O–H groups in total. The largest absolute Gasteiger partial charge is 0.495 e. The number of thiocarbonyl (C=S) groups is 1. The van der Waals surface area contributed by atoms with Crippen molar-refractivity contribution in [3.8, 4) is 5.75 Å². The molecule has 0 amide bonds. The highest BCUT2D eigenvalue weighted by atomic mass is 35.5. The Morgan fingerprint density at radius 2 is 2.11 bits per heavy atom. The van der Waals surface area contributed by atoms with Crippen LogP contribution in [0.1, 0.15) is 24.0 Å².